The molecule has 0 bridgehead atoms. The van der Waals surface area contributed by atoms with Crippen LogP contribution in [-0.2, 0) is 0 Å². The summed E-state index contributed by atoms with van der Waals surface area (Å²) in [6, 6.07) is 4.10. The Morgan fingerprint density at radius 1 is 1.53 bits per heavy atom. The predicted molar refractivity (Wildman–Crippen MR) is 68.7 cm³/mol. The molecule has 1 fully saturated rings. The van der Waals surface area contributed by atoms with Gasteiger partial charge in [-0.2, -0.15) is 5.26 Å². The van der Waals surface area contributed by atoms with E-state index in [-0.39, 0.29) is 0 Å². The second-order valence-electron chi connectivity index (χ2n) is 5.13. The lowest BCUT2D eigenvalue weighted by molar-refractivity contribution is 0.536. The van der Waals surface area contributed by atoms with Gasteiger partial charge >= 0.3 is 0 Å². The molecule has 1 aliphatic rings. The first-order chi connectivity index (χ1) is 8.20. The van der Waals surface area contributed by atoms with Crippen LogP contribution >= 0.6 is 0 Å². The van der Waals surface area contributed by atoms with Crippen LogP contribution in [0.4, 0.5) is 5.82 Å². The van der Waals surface area contributed by atoms with Crippen LogP contribution in [0.2, 0.25) is 0 Å². The summed E-state index contributed by atoms with van der Waals surface area (Å²) in [4.78, 5) is 4.26. The number of aryl methyl sites for hydroxylation is 1. The van der Waals surface area contributed by atoms with Crippen LogP contribution in [-0.4, -0.2) is 11.5 Å². The fourth-order valence-electron chi connectivity index (χ4n) is 2.58. The fraction of sp³-hybridized carbons (Fsp3) is 0.571. The van der Waals surface area contributed by atoms with E-state index in [1.54, 1.807) is 6.20 Å². The SMILES string of the molecule is Cc1ccnc(NCC2CCC(C)C2)c1C#N. The molecule has 0 spiro atoms. The van der Waals surface area contributed by atoms with Gasteiger partial charge in [-0.05, 0) is 43.2 Å². The quantitative estimate of drug-likeness (QED) is 0.866. The molecule has 1 N–H and O–H groups in total. The molecule has 2 unspecified atom stereocenters. The first-order valence-electron chi connectivity index (χ1n) is 6.30. The van der Waals surface area contributed by atoms with E-state index >= 15 is 0 Å². The monoisotopic (exact) mass is 229 g/mol. The van der Waals surface area contributed by atoms with E-state index in [4.69, 9.17) is 5.26 Å². The van der Waals surface area contributed by atoms with Gasteiger partial charge < -0.3 is 5.32 Å². The number of rotatable bonds is 3. The predicted octanol–water partition coefficient (Wildman–Crippen LogP) is 3.11. The number of aromatic nitrogens is 1. The molecule has 0 saturated heterocycles. The fourth-order valence-corrected chi connectivity index (χ4v) is 2.58. The summed E-state index contributed by atoms with van der Waals surface area (Å²) >= 11 is 0. The molecule has 1 aliphatic carbocycles. The Kier molecular flexibility index (Phi) is 3.63. The van der Waals surface area contributed by atoms with Crippen molar-refractivity contribution in [3.8, 4) is 6.07 Å². The molecule has 0 aromatic carbocycles. The summed E-state index contributed by atoms with van der Waals surface area (Å²) in [7, 11) is 0. The highest BCUT2D eigenvalue weighted by atomic mass is 15.0. The lowest BCUT2D eigenvalue weighted by Crippen LogP contribution is -2.13. The van der Waals surface area contributed by atoms with Crippen LogP contribution in [0.15, 0.2) is 12.3 Å². The number of nitrogens with one attached hydrogen (secondary N) is 1. The van der Waals surface area contributed by atoms with Gasteiger partial charge in [0.15, 0.2) is 0 Å². The smallest absolute Gasteiger partial charge is 0.144 e. The summed E-state index contributed by atoms with van der Waals surface area (Å²) in [6.45, 7) is 5.20. The van der Waals surface area contributed by atoms with E-state index in [2.05, 4.69) is 23.3 Å². The van der Waals surface area contributed by atoms with E-state index in [0.717, 1.165) is 29.8 Å². The molecule has 3 heteroatoms. The summed E-state index contributed by atoms with van der Waals surface area (Å²) in [5.41, 5.74) is 1.67. The van der Waals surface area contributed by atoms with Gasteiger partial charge in [-0.1, -0.05) is 13.3 Å². The van der Waals surface area contributed by atoms with Crippen LogP contribution in [0.25, 0.3) is 0 Å². The number of nitrogens with zero attached hydrogens (tertiary/aromatic N) is 2. The zero-order valence-electron chi connectivity index (χ0n) is 10.5. The average molecular weight is 229 g/mol. The molecular weight excluding hydrogens is 210 g/mol. The van der Waals surface area contributed by atoms with Crippen LogP contribution in [0, 0.1) is 30.1 Å². The average Bonchev–Trinajstić information content (AvgIpc) is 2.72. The maximum absolute atomic E-state index is 9.10. The number of pyridine rings is 1. The van der Waals surface area contributed by atoms with Crippen molar-refractivity contribution in [3.05, 3.63) is 23.4 Å². The third kappa shape index (κ3) is 2.76. The van der Waals surface area contributed by atoms with Gasteiger partial charge in [0, 0.05) is 12.7 Å². The lowest BCUT2D eigenvalue weighted by Gasteiger charge is -2.13. The van der Waals surface area contributed by atoms with Gasteiger partial charge in [0.05, 0.1) is 5.56 Å². The molecule has 17 heavy (non-hydrogen) atoms. The number of anilines is 1. The molecule has 0 radical (unpaired) electrons. The van der Waals surface area contributed by atoms with Gasteiger partial charge in [-0.15, -0.1) is 0 Å². The van der Waals surface area contributed by atoms with Crippen LogP contribution in [0.3, 0.4) is 0 Å². The second kappa shape index (κ2) is 5.18. The number of hydrogen-bond acceptors (Lipinski definition) is 3. The zero-order valence-corrected chi connectivity index (χ0v) is 10.5. The van der Waals surface area contributed by atoms with Crippen molar-refractivity contribution in [2.24, 2.45) is 11.8 Å². The largest absolute Gasteiger partial charge is 0.369 e. The van der Waals surface area contributed by atoms with Crippen molar-refractivity contribution < 1.29 is 0 Å². The van der Waals surface area contributed by atoms with Crippen molar-refractivity contribution in [1.29, 1.82) is 5.26 Å². The van der Waals surface area contributed by atoms with E-state index < -0.39 is 0 Å². The van der Waals surface area contributed by atoms with E-state index in [1.165, 1.54) is 19.3 Å². The molecule has 90 valence electrons. The first-order valence-corrected chi connectivity index (χ1v) is 6.30. The highest BCUT2D eigenvalue weighted by Gasteiger charge is 2.21. The molecule has 3 nitrogen and oxygen atoms in total. The normalized spacial score (nSPS) is 23.4. The van der Waals surface area contributed by atoms with Crippen molar-refractivity contribution in [3.63, 3.8) is 0 Å². The Hall–Kier alpha value is -1.56. The van der Waals surface area contributed by atoms with Gasteiger partial charge in [0.25, 0.3) is 0 Å². The summed E-state index contributed by atoms with van der Waals surface area (Å²) in [5.74, 6) is 2.33. The van der Waals surface area contributed by atoms with Crippen molar-refractivity contribution in [2.45, 2.75) is 33.1 Å². The number of hydrogen-bond donors (Lipinski definition) is 1. The Bertz CT molecular complexity index is 434. The molecule has 1 aromatic heterocycles. The van der Waals surface area contributed by atoms with Crippen molar-refractivity contribution in [1.82, 2.24) is 4.98 Å². The summed E-state index contributed by atoms with van der Waals surface area (Å²) in [6.07, 6.45) is 5.68. The molecule has 1 heterocycles. The van der Waals surface area contributed by atoms with Crippen LogP contribution in [0.1, 0.15) is 37.3 Å². The molecular formula is C14H19N3. The maximum atomic E-state index is 9.10. The van der Waals surface area contributed by atoms with Gasteiger partial charge in [0.1, 0.15) is 11.9 Å². The zero-order chi connectivity index (χ0) is 12.3. The van der Waals surface area contributed by atoms with Crippen molar-refractivity contribution in [2.75, 3.05) is 11.9 Å². The maximum Gasteiger partial charge on any atom is 0.144 e. The minimum absolute atomic E-state index is 0.679. The Balaban J connectivity index is 2.00. The standard InChI is InChI=1S/C14H19N3/c1-10-3-4-12(7-10)9-17-14-13(8-15)11(2)5-6-16-14/h5-6,10,12H,3-4,7,9H2,1-2H3,(H,16,17). The third-order valence-electron chi connectivity index (χ3n) is 3.63. The first kappa shape index (κ1) is 11.9. The Morgan fingerprint density at radius 3 is 3.00 bits per heavy atom. The summed E-state index contributed by atoms with van der Waals surface area (Å²) in [5, 5.41) is 12.4. The highest BCUT2D eigenvalue weighted by Crippen LogP contribution is 2.30. The molecule has 0 aliphatic heterocycles. The van der Waals surface area contributed by atoms with Gasteiger partial charge in [-0.3, -0.25) is 0 Å². The van der Waals surface area contributed by atoms with Crippen molar-refractivity contribution >= 4 is 5.82 Å². The second-order valence-corrected chi connectivity index (χ2v) is 5.13. The molecule has 0 amide bonds. The van der Waals surface area contributed by atoms with Crippen LogP contribution < -0.4 is 5.32 Å². The molecule has 1 aromatic rings. The van der Waals surface area contributed by atoms with E-state index in [0.29, 0.717) is 5.56 Å². The van der Waals surface area contributed by atoms with E-state index in [9.17, 15) is 0 Å². The minimum atomic E-state index is 0.679. The topological polar surface area (TPSA) is 48.7 Å². The highest BCUT2D eigenvalue weighted by molar-refractivity contribution is 5.55. The number of nitriles is 1. The summed E-state index contributed by atoms with van der Waals surface area (Å²) < 4.78 is 0. The van der Waals surface area contributed by atoms with E-state index in [1.807, 2.05) is 13.0 Å². The lowest BCUT2D eigenvalue weighted by atomic mass is 10.1. The Labute approximate surface area is 103 Å². The van der Waals surface area contributed by atoms with Gasteiger partial charge in [0.2, 0.25) is 0 Å². The van der Waals surface area contributed by atoms with Crippen LogP contribution in [0.5, 0.6) is 0 Å². The molecule has 1 saturated carbocycles. The minimum Gasteiger partial charge on any atom is -0.369 e. The Morgan fingerprint density at radius 2 is 2.35 bits per heavy atom. The molecule has 2 atom stereocenters. The molecule has 2 rings (SSSR count). The third-order valence-corrected chi connectivity index (χ3v) is 3.63. The van der Waals surface area contributed by atoms with Gasteiger partial charge in [-0.25, -0.2) is 4.98 Å².